The van der Waals surface area contributed by atoms with E-state index in [0.717, 1.165) is 37.1 Å². The quantitative estimate of drug-likeness (QED) is 0.232. The lowest BCUT2D eigenvalue weighted by Crippen LogP contribution is -1.99. The van der Waals surface area contributed by atoms with Crippen LogP contribution in [0.4, 0.5) is 0 Å². The molecule has 0 saturated heterocycles. The Hall–Kier alpha value is -3.82. The molecule has 0 amide bonds. The zero-order valence-electron chi connectivity index (χ0n) is 19.3. The van der Waals surface area contributed by atoms with E-state index in [9.17, 15) is 0 Å². The number of ether oxygens (including phenoxy) is 1. The van der Waals surface area contributed by atoms with Crippen LogP contribution in [-0.4, -0.2) is 11.5 Å². The first-order valence-electron chi connectivity index (χ1n) is 12.0. The van der Waals surface area contributed by atoms with Crippen molar-refractivity contribution in [2.24, 2.45) is 5.73 Å². The molecule has 0 aliphatic carbocycles. The van der Waals surface area contributed by atoms with E-state index in [2.05, 4.69) is 77.8 Å². The molecule has 0 unspecified atom stereocenters. The Morgan fingerprint density at radius 2 is 1.35 bits per heavy atom. The van der Waals surface area contributed by atoms with E-state index in [1.54, 1.807) is 0 Å². The fourth-order valence-electron chi connectivity index (χ4n) is 4.47. The molecule has 0 bridgehead atoms. The monoisotopic (exact) mass is 446 g/mol. The second kappa shape index (κ2) is 10.4. The summed E-state index contributed by atoms with van der Waals surface area (Å²) in [6.07, 6.45) is 3.06. The van der Waals surface area contributed by atoms with Crippen LogP contribution in [0.1, 0.15) is 24.0 Å². The van der Waals surface area contributed by atoms with Crippen LogP contribution in [0.25, 0.3) is 33.3 Å². The van der Waals surface area contributed by atoms with Crippen LogP contribution < -0.4 is 10.5 Å². The van der Waals surface area contributed by atoms with E-state index >= 15 is 0 Å². The van der Waals surface area contributed by atoms with Gasteiger partial charge in [-0.2, -0.15) is 0 Å². The van der Waals surface area contributed by atoms with Crippen molar-refractivity contribution < 1.29 is 4.74 Å². The van der Waals surface area contributed by atoms with Crippen LogP contribution in [-0.2, 0) is 13.0 Å². The second-order valence-electron chi connectivity index (χ2n) is 8.65. The predicted molar refractivity (Wildman–Crippen MR) is 142 cm³/mol. The summed E-state index contributed by atoms with van der Waals surface area (Å²) in [7, 11) is 0. The first-order chi connectivity index (χ1) is 16.8. The SMILES string of the molecule is NCCCCc1c(-c2ccc(-c3ccccc3)cc2)[nH]c2ccc(OCc3ccccc3)cc12. The minimum atomic E-state index is 0.563. The molecule has 0 aliphatic heterocycles. The van der Waals surface area contributed by atoms with Gasteiger partial charge in [-0.25, -0.2) is 0 Å². The summed E-state index contributed by atoms with van der Waals surface area (Å²) < 4.78 is 6.13. The molecule has 3 heteroatoms. The summed E-state index contributed by atoms with van der Waals surface area (Å²) in [6, 6.07) is 36.0. The van der Waals surface area contributed by atoms with Gasteiger partial charge in [0.25, 0.3) is 0 Å². The summed E-state index contributed by atoms with van der Waals surface area (Å²) in [4.78, 5) is 3.68. The normalized spacial score (nSPS) is 11.1. The molecule has 0 saturated carbocycles. The van der Waals surface area contributed by atoms with Crippen LogP contribution in [0.3, 0.4) is 0 Å². The first-order valence-corrected chi connectivity index (χ1v) is 12.0. The van der Waals surface area contributed by atoms with Gasteiger partial charge in [0.15, 0.2) is 0 Å². The summed E-state index contributed by atoms with van der Waals surface area (Å²) in [5.74, 6) is 0.890. The summed E-state index contributed by atoms with van der Waals surface area (Å²) in [5, 5.41) is 1.23. The highest BCUT2D eigenvalue weighted by Crippen LogP contribution is 2.35. The van der Waals surface area contributed by atoms with Crippen molar-refractivity contribution in [3.63, 3.8) is 0 Å². The lowest BCUT2D eigenvalue weighted by Gasteiger charge is -2.08. The van der Waals surface area contributed by atoms with Crippen LogP contribution in [0, 0.1) is 0 Å². The molecule has 1 heterocycles. The molecule has 3 N–H and O–H groups in total. The topological polar surface area (TPSA) is 51.0 Å². The Labute approximate surface area is 201 Å². The average molecular weight is 447 g/mol. The zero-order chi connectivity index (χ0) is 23.2. The lowest BCUT2D eigenvalue weighted by molar-refractivity contribution is 0.306. The van der Waals surface area contributed by atoms with Crippen molar-refractivity contribution in [2.45, 2.75) is 25.9 Å². The first kappa shape index (κ1) is 22.0. The Morgan fingerprint density at radius 3 is 2.09 bits per heavy atom. The summed E-state index contributed by atoms with van der Waals surface area (Å²) in [5.41, 5.74) is 14.3. The van der Waals surface area contributed by atoms with E-state index < -0.39 is 0 Å². The molecule has 0 aliphatic rings. The summed E-state index contributed by atoms with van der Waals surface area (Å²) in [6.45, 7) is 1.28. The van der Waals surface area contributed by atoms with E-state index in [0.29, 0.717) is 6.61 Å². The van der Waals surface area contributed by atoms with Gasteiger partial charge >= 0.3 is 0 Å². The van der Waals surface area contributed by atoms with Crippen molar-refractivity contribution in [3.8, 4) is 28.1 Å². The van der Waals surface area contributed by atoms with Crippen molar-refractivity contribution >= 4 is 10.9 Å². The maximum atomic E-state index is 6.13. The van der Waals surface area contributed by atoms with E-state index in [1.807, 2.05) is 30.3 Å². The van der Waals surface area contributed by atoms with Crippen molar-refractivity contribution in [1.29, 1.82) is 0 Å². The van der Waals surface area contributed by atoms with Crippen molar-refractivity contribution in [2.75, 3.05) is 6.54 Å². The number of fused-ring (bicyclic) bond motifs is 1. The smallest absolute Gasteiger partial charge is 0.120 e. The van der Waals surface area contributed by atoms with Crippen LogP contribution in [0.2, 0.25) is 0 Å². The molecule has 0 atom stereocenters. The maximum absolute atomic E-state index is 6.13. The third-order valence-corrected chi connectivity index (χ3v) is 6.29. The number of hydrogen-bond acceptors (Lipinski definition) is 2. The fraction of sp³-hybridized carbons (Fsp3) is 0.161. The van der Waals surface area contributed by atoms with Crippen molar-refractivity contribution in [3.05, 3.63) is 114 Å². The zero-order valence-corrected chi connectivity index (χ0v) is 19.3. The largest absolute Gasteiger partial charge is 0.489 e. The van der Waals surface area contributed by atoms with Gasteiger partial charge < -0.3 is 15.5 Å². The number of nitrogens with two attached hydrogens (primary N) is 1. The van der Waals surface area contributed by atoms with Gasteiger partial charge in [0.1, 0.15) is 12.4 Å². The molecular formula is C31H30N2O. The second-order valence-corrected chi connectivity index (χ2v) is 8.65. The Bertz CT molecular complexity index is 1340. The highest BCUT2D eigenvalue weighted by atomic mass is 16.5. The molecule has 34 heavy (non-hydrogen) atoms. The number of hydrogen-bond donors (Lipinski definition) is 2. The predicted octanol–water partition coefficient (Wildman–Crippen LogP) is 7.36. The molecule has 5 aromatic rings. The lowest BCUT2D eigenvalue weighted by atomic mass is 9.98. The molecule has 0 fully saturated rings. The number of rotatable bonds is 9. The third kappa shape index (κ3) is 4.90. The molecule has 3 nitrogen and oxygen atoms in total. The highest BCUT2D eigenvalue weighted by molar-refractivity contribution is 5.92. The molecule has 5 rings (SSSR count). The summed E-state index contributed by atoms with van der Waals surface area (Å²) >= 11 is 0. The average Bonchev–Trinajstić information content (AvgIpc) is 3.26. The van der Waals surface area contributed by atoms with Gasteiger partial charge in [-0.15, -0.1) is 0 Å². The Kier molecular flexibility index (Phi) is 6.73. The van der Waals surface area contributed by atoms with Gasteiger partial charge in [-0.05, 0) is 71.8 Å². The highest BCUT2D eigenvalue weighted by Gasteiger charge is 2.14. The van der Waals surface area contributed by atoms with Crippen LogP contribution in [0.5, 0.6) is 5.75 Å². The number of aromatic amines is 1. The molecule has 0 radical (unpaired) electrons. The molecular weight excluding hydrogens is 416 g/mol. The molecule has 4 aromatic carbocycles. The van der Waals surface area contributed by atoms with Crippen LogP contribution in [0.15, 0.2) is 103 Å². The number of benzene rings is 4. The number of aryl methyl sites for hydroxylation is 1. The van der Waals surface area contributed by atoms with E-state index in [4.69, 9.17) is 10.5 Å². The number of aromatic nitrogens is 1. The van der Waals surface area contributed by atoms with Gasteiger partial charge in [-0.1, -0.05) is 84.9 Å². The number of H-pyrrole nitrogens is 1. The minimum absolute atomic E-state index is 0.563. The molecule has 170 valence electrons. The fourth-order valence-corrected chi connectivity index (χ4v) is 4.47. The Balaban J connectivity index is 1.47. The van der Waals surface area contributed by atoms with Crippen molar-refractivity contribution in [1.82, 2.24) is 4.98 Å². The third-order valence-electron chi connectivity index (χ3n) is 6.29. The Morgan fingerprint density at radius 1 is 0.676 bits per heavy atom. The number of unbranched alkanes of at least 4 members (excludes halogenated alkanes) is 1. The minimum Gasteiger partial charge on any atom is -0.489 e. The van der Waals surface area contributed by atoms with Gasteiger partial charge in [0.05, 0.1) is 0 Å². The maximum Gasteiger partial charge on any atom is 0.120 e. The van der Waals surface area contributed by atoms with E-state index in [-0.39, 0.29) is 0 Å². The van der Waals surface area contributed by atoms with Gasteiger partial charge in [0.2, 0.25) is 0 Å². The van der Waals surface area contributed by atoms with Crippen LogP contribution >= 0.6 is 0 Å². The van der Waals surface area contributed by atoms with Gasteiger partial charge in [0, 0.05) is 16.6 Å². The van der Waals surface area contributed by atoms with E-state index in [1.165, 1.54) is 38.9 Å². The van der Waals surface area contributed by atoms with Gasteiger partial charge in [-0.3, -0.25) is 0 Å². The molecule has 0 spiro atoms. The number of nitrogens with one attached hydrogen (secondary N) is 1. The standard InChI is InChI=1S/C31H30N2O/c32-20-8-7-13-28-29-21-27(34-22-23-9-3-1-4-10-23)18-19-30(29)33-31(28)26-16-14-25(15-17-26)24-11-5-2-6-12-24/h1-6,9-12,14-19,21,33H,7-8,13,20,22,32H2. The molecule has 1 aromatic heterocycles.